The number of carbonyl (C=O) groups excluding carboxylic acids is 1. The summed E-state index contributed by atoms with van der Waals surface area (Å²) in [6.45, 7) is 0. The number of pyridine rings is 1. The van der Waals surface area contributed by atoms with Gasteiger partial charge in [0, 0.05) is 27.6 Å². The van der Waals surface area contributed by atoms with Crippen LogP contribution >= 0.6 is 22.9 Å². The lowest BCUT2D eigenvalue weighted by Gasteiger charge is -2.09. The number of nitrogens with one attached hydrogen (secondary N) is 1. The lowest BCUT2D eigenvalue weighted by Crippen LogP contribution is -2.06. The van der Waals surface area contributed by atoms with Crippen LogP contribution in [0, 0.1) is 0 Å². The molecule has 0 saturated carbocycles. The number of aromatic amines is 1. The smallest absolute Gasteiger partial charge is 0.249 e. The molecule has 0 spiro atoms. The normalized spacial score (nSPS) is 10.9. The summed E-state index contributed by atoms with van der Waals surface area (Å²) in [6, 6.07) is 17.9. The molecule has 122 valence electrons. The van der Waals surface area contributed by atoms with E-state index in [4.69, 9.17) is 11.6 Å². The quantitative estimate of drug-likeness (QED) is 0.511. The highest BCUT2D eigenvalue weighted by Gasteiger charge is 2.13. The van der Waals surface area contributed by atoms with Gasteiger partial charge in [-0.05, 0) is 52.9 Å². The van der Waals surface area contributed by atoms with Crippen LogP contribution in [0.1, 0.15) is 15.2 Å². The van der Waals surface area contributed by atoms with Gasteiger partial charge in [-0.2, -0.15) is 0 Å². The zero-order chi connectivity index (χ0) is 17.4. The van der Waals surface area contributed by atoms with E-state index in [1.165, 1.54) is 17.4 Å². The second-order valence-corrected chi connectivity index (χ2v) is 7.01. The molecular formula is C20H12ClNO2S. The van der Waals surface area contributed by atoms with Crippen molar-refractivity contribution in [2.75, 3.05) is 0 Å². The summed E-state index contributed by atoms with van der Waals surface area (Å²) in [5.41, 5.74) is 2.67. The summed E-state index contributed by atoms with van der Waals surface area (Å²) in [4.78, 5) is 28.2. The molecule has 1 N–H and O–H groups in total. The lowest BCUT2D eigenvalue weighted by molar-refractivity contribution is 0.104. The first-order chi connectivity index (χ1) is 12.1. The van der Waals surface area contributed by atoms with Gasteiger partial charge in [0.05, 0.1) is 4.88 Å². The van der Waals surface area contributed by atoms with Crippen LogP contribution in [-0.2, 0) is 0 Å². The van der Waals surface area contributed by atoms with Crippen molar-refractivity contribution in [1.29, 1.82) is 0 Å². The van der Waals surface area contributed by atoms with E-state index in [1.54, 1.807) is 18.2 Å². The highest BCUT2D eigenvalue weighted by Crippen LogP contribution is 2.29. The Balaban J connectivity index is 1.95. The van der Waals surface area contributed by atoms with Gasteiger partial charge in [0.1, 0.15) is 0 Å². The number of halogens is 1. The number of thiophene rings is 1. The van der Waals surface area contributed by atoms with Crippen LogP contribution < -0.4 is 5.56 Å². The van der Waals surface area contributed by atoms with Crippen LogP contribution in [0.15, 0.2) is 70.8 Å². The number of rotatable bonds is 3. The zero-order valence-electron chi connectivity index (χ0n) is 13.0. The Bertz CT molecular complexity index is 1150. The van der Waals surface area contributed by atoms with Crippen molar-refractivity contribution in [2.45, 2.75) is 0 Å². The summed E-state index contributed by atoms with van der Waals surface area (Å²) in [5.74, 6) is -0.0276. The fourth-order valence-corrected chi connectivity index (χ4v) is 3.72. The van der Waals surface area contributed by atoms with Crippen molar-refractivity contribution >= 4 is 39.6 Å². The third-order valence-corrected chi connectivity index (χ3v) is 5.09. The predicted molar refractivity (Wildman–Crippen MR) is 103 cm³/mol. The molecule has 4 rings (SSSR count). The number of H-pyrrole nitrogens is 1. The second-order valence-electron chi connectivity index (χ2n) is 5.62. The van der Waals surface area contributed by atoms with Gasteiger partial charge in [-0.3, -0.25) is 9.59 Å². The van der Waals surface area contributed by atoms with Crippen LogP contribution in [0.25, 0.3) is 22.0 Å². The van der Waals surface area contributed by atoms with Crippen molar-refractivity contribution in [1.82, 2.24) is 4.98 Å². The Labute approximate surface area is 152 Å². The third kappa shape index (κ3) is 3.02. The molecular weight excluding hydrogens is 354 g/mol. The molecule has 0 unspecified atom stereocenters. The number of benzene rings is 2. The van der Waals surface area contributed by atoms with Gasteiger partial charge in [0.25, 0.3) is 0 Å². The average molecular weight is 366 g/mol. The van der Waals surface area contributed by atoms with E-state index in [2.05, 4.69) is 4.98 Å². The van der Waals surface area contributed by atoms with Crippen LogP contribution in [0.5, 0.6) is 0 Å². The third-order valence-electron chi connectivity index (χ3n) is 3.99. The monoisotopic (exact) mass is 365 g/mol. The Morgan fingerprint density at radius 3 is 2.64 bits per heavy atom. The fraction of sp³-hybridized carbons (Fsp3) is 0. The largest absolute Gasteiger partial charge is 0.322 e. The number of carbonyl (C=O) groups is 1. The topological polar surface area (TPSA) is 49.9 Å². The highest BCUT2D eigenvalue weighted by atomic mass is 35.5. The minimum atomic E-state index is -0.195. The van der Waals surface area contributed by atoms with Gasteiger partial charge in [0.2, 0.25) is 11.3 Å². The molecule has 0 fully saturated rings. The summed E-state index contributed by atoms with van der Waals surface area (Å²) >= 11 is 7.51. The fourth-order valence-electron chi connectivity index (χ4n) is 2.84. The SMILES string of the molecule is O=C(c1ccc2[nH]c(=O)cc(-c3cccc(Cl)c3)c2c1)c1cccs1. The molecule has 0 bridgehead atoms. The van der Waals surface area contributed by atoms with E-state index in [1.807, 2.05) is 41.8 Å². The van der Waals surface area contributed by atoms with Gasteiger partial charge in [-0.15, -0.1) is 11.3 Å². The molecule has 0 saturated heterocycles. The first-order valence-corrected chi connectivity index (χ1v) is 8.89. The Kier molecular flexibility index (Phi) is 3.99. The predicted octanol–water partition coefficient (Wildman–Crippen LogP) is 5.14. The average Bonchev–Trinajstić information content (AvgIpc) is 3.14. The first-order valence-electron chi connectivity index (χ1n) is 7.63. The Hall–Kier alpha value is -2.69. The van der Waals surface area contributed by atoms with Crippen molar-refractivity contribution < 1.29 is 4.79 Å². The van der Waals surface area contributed by atoms with Gasteiger partial charge >= 0.3 is 0 Å². The molecule has 0 amide bonds. The minimum absolute atomic E-state index is 0.0276. The molecule has 0 radical (unpaired) electrons. The van der Waals surface area contributed by atoms with E-state index in [9.17, 15) is 9.59 Å². The summed E-state index contributed by atoms with van der Waals surface area (Å²) in [6.07, 6.45) is 0. The van der Waals surface area contributed by atoms with Gasteiger partial charge in [-0.25, -0.2) is 0 Å². The summed E-state index contributed by atoms with van der Waals surface area (Å²) in [7, 11) is 0. The molecule has 25 heavy (non-hydrogen) atoms. The maximum atomic E-state index is 12.6. The van der Waals surface area contributed by atoms with Gasteiger partial charge < -0.3 is 4.98 Å². The number of hydrogen-bond donors (Lipinski definition) is 1. The molecule has 0 aliphatic rings. The van der Waals surface area contributed by atoms with E-state index < -0.39 is 0 Å². The standard InChI is InChI=1S/C20H12ClNO2S/c21-14-4-1-3-12(9-14)15-11-19(23)22-17-7-6-13(10-16(15)17)20(24)18-5-2-8-25-18/h1-11H,(H,22,23). The number of hydrogen-bond acceptors (Lipinski definition) is 3. The highest BCUT2D eigenvalue weighted by molar-refractivity contribution is 7.12. The number of fused-ring (bicyclic) bond motifs is 1. The van der Waals surface area contributed by atoms with Crippen LogP contribution in [0.2, 0.25) is 5.02 Å². The Morgan fingerprint density at radius 1 is 1.00 bits per heavy atom. The minimum Gasteiger partial charge on any atom is -0.322 e. The molecule has 0 aliphatic carbocycles. The van der Waals surface area contributed by atoms with Crippen LogP contribution in [-0.4, -0.2) is 10.8 Å². The molecule has 0 atom stereocenters. The zero-order valence-corrected chi connectivity index (χ0v) is 14.5. The molecule has 4 aromatic rings. The first kappa shape index (κ1) is 15.8. The summed E-state index contributed by atoms with van der Waals surface area (Å²) < 4.78 is 0. The van der Waals surface area contributed by atoms with Crippen LogP contribution in [0.3, 0.4) is 0 Å². The van der Waals surface area contributed by atoms with Crippen molar-refractivity contribution in [2.24, 2.45) is 0 Å². The Morgan fingerprint density at radius 2 is 1.88 bits per heavy atom. The van der Waals surface area contributed by atoms with E-state index >= 15 is 0 Å². The second kappa shape index (κ2) is 6.31. The van der Waals surface area contributed by atoms with E-state index in [-0.39, 0.29) is 11.3 Å². The molecule has 3 nitrogen and oxygen atoms in total. The lowest BCUT2D eigenvalue weighted by atomic mass is 9.98. The molecule has 0 aliphatic heterocycles. The van der Waals surface area contributed by atoms with E-state index in [0.717, 1.165) is 16.5 Å². The maximum Gasteiger partial charge on any atom is 0.249 e. The molecule has 2 heterocycles. The molecule has 2 aromatic carbocycles. The van der Waals surface area contributed by atoms with Crippen molar-refractivity contribution in [3.05, 3.63) is 91.9 Å². The number of aromatic nitrogens is 1. The van der Waals surface area contributed by atoms with Crippen molar-refractivity contribution in [3.8, 4) is 11.1 Å². The molecule has 5 heteroatoms. The van der Waals surface area contributed by atoms with Gasteiger partial charge in [0.15, 0.2) is 0 Å². The van der Waals surface area contributed by atoms with E-state index in [0.29, 0.717) is 21.0 Å². The molecule has 2 aromatic heterocycles. The van der Waals surface area contributed by atoms with Gasteiger partial charge in [-0.1, -0.05) is 29.8 Å². The maximum absolute atomic E-state index is 12.6. The number of ketones is 1. The summed E-state index contributed by atoms with van der Waals surface area (Å²) in [5, 5.41) is 3.28. The van der Waals surface area contributed by atoms with Crippen molar-refractivity contribution in [3.63, 3.8) is 0 Å². The van der Waals surface area contributed by atoms with Crippen LogP contribution in [0.4, 0.5) is 0 Å².